The van der Waals surface area contributed by atoms with E-state index in [0.29, 0.717) is 0 Å². The molecule has 0 radical (unpaired) electrons. The third-order valence-corrected chi connectivity index (χ3v) is 3.92. The lowest BCUT2D eigenvalue weighted by atomic mass is 10.2. The van der Waals surface area contributed by atoms with Gasteiger partial charge >= 0.3 is 6.18 Å². The zero-order valence-electron chi connectivity index (χ0n) is 14.7. The number of anilines is 1. The van der Waals surface area contributed by atoms with E-state index < -0.39 is 29.0 Å². The summed E-state index contributed by atoms with van der Waals surface area (Å²) in [7, 11) is 0. The predicted molar refractivity (Wildman–Crippen MR) is 96.8 cm³/mol. The summed E-state index contributed by atoms with van der Waals surface area (Å²) >= 11 is 0. The number of nitrogens with zero attached hydrogens (tertiary/aromatic N) is 1. The van der Waals surface area contributed by atoms with Crippen LogP contribution in [0.15, 0.2) is 71.7 Å². The molecule has 5 nitrogen and oxygen atoms in total. The molecule has 1 heterocycles. The third kappa shape index (κ3) is 4.81. The molecule has 0 unspecified atom stereocenters. The van der Waals surface area contributed by atoms with E-state index in [2.05, 4.69) is 5.32 Å². The molecule has 1 amide bonds. The lowest BCUT2D eigenvalue weighted by Gasteiger charge is -2.11. The number of carbonyl (C=O) groups is 1. The first-order chi connectivity index (χ1) is 13.8. The number of hydrogen-bond donors (Lipinski definition) is 1. The highest BCUT2D eigenvalue weighted by Gasteiger charge is 2.30. The highest BCUT2D eigenvalue weighted by atomic mass is 19.4. The van der Waals surface area contributed by atoms with Crippen LogP contribution in [0.5, 0.6) is 0 Å². The number of alkyl halides is 3. The topological polar surface area (TPSA) is 60.3 Å². The fourth-order valence-corrected chi connectivity index (χ4v) is 2.48. The van der Waals surface area contributed by atoms with E-state index in [-0.39, 0.29) is 23.4 Å². The standard InChI is InChI=1S/C20H14F4N2O3/c21-17-9-2-1-5-13(17)12-29-26-10-4-8-16(19(26)28)18(27)25-15-7-3-6-14(11-15)20(22,23)24/h1-11H,12H2,(H,25,27). The molecule has 3 rings (SSSR count). The molecule has 0 atom stereocenters. The van der Waals surface area contributed by atoms with Crippen LogP contribution in [0.3, 0.4) is 0 Å². The zero-order chi connectivity index (χ0) is 21.0. The summed E-state index contributed by atoms with van der Waals surface area (Å²) in [6.07, 6.45) is -3.33. The number of hydrogen-bond acceptors (Lipinski definition) is 3. The summed E-state index contributed by atoms with van der Waals surface area (Å²) in [5.74, 6) is -1.42. The normalized spacial score (nSPS) is 11.2. The SMILES string of the molecule is O=C(Nc1cccc(C(F)(F)F)c1)c1cccn(OCc2ccccc2F)c1=O. The molecule has 2 aromatic carbocycles. The Balaban J connectivity index is 1.78. The van der Waals surface area contributed by atoms with Crippen molar-refractivity contribution in [2.24, 2.45) is 0 Å². The minimum Gasteiger partial charge on any atom is -0.406 e. The number of benzene rings is 2. The van der Waals surface area contributed by atoms with Gasteiger partial charge in [0.1, 0.15) is 18.0 Å². The van der Waals surface area contributed by atoms with E-state index in [1.54, 1.807) is 6.07 Å². The van der Waals surface area contributed by atoms with Crippen LogP contribution in [0.4, 0.5) is 23.2 Å². The van der Waals surface area contributed by atoms with Crippen molar-refractivity contribution in [2.75, 3.05) is 5.32 Å². The maximum atomic E-state index is 13.6. The molecule has 1 aromatic heterocycles. The molecule has 0 fully saturated rings. The van der Waals surface area contributed by atoms with E-state index in [1.165, 1.54) is 42.6 Å². The Kier molecular flexibility index (Phi) is 5.67. The molecule has 150 valence electrons. The van der Waals surface area contributed by atoms with Crippen LogP contribution in [0.1, 0.15) is 21.5 Å². The predicted octanol–water partition coefficient (Wildman–Crippen LogP) is 3.89. The van der Waals surface area contributed by atoms with Crippen molar-refractivity contribution in [3.8, 4) is 0 Å². The summed E-state index contributed by atoms with van der Waals surface area (Å²) in [5, 5.41) is 2.25. The smallest absolute Gasteiger partial charge is 0.406 e. The van der Waals surface area contributed by atoms with E-state index in [0.717, 1.165) is 22.9 Å². The van der Waals surface area contributed by atoms with Crippen molar-refractivity contribution in [3.63, 3.8) is 0 Å². The Morgan fingerprint density at radius 2 is 1.79 bits per heavy atom. The van der Waals surface area contributed by atoms with Crippen molar-refractivity contribution in [1.82, 2.24) is 4.73 Å². The summed E-state index contributed by atoms with van der Waals surface area (Å²) in [4.78, 5) is 30.0. The first kappa shape index (κ1) is 20.1. The van der Waals surface area contributed by atoms with Crippen LogP contribution in [-0.2, 0) is 12.8 Å². The molecule has 0 spiro atoms. The van der Waals surface area contributed by atoms with Crippen LogP contribution in [0.2, 0.25) is 0 Å². The average molecular weight is 406 g/mol. The van der Waals surface area contributed by atoms with Gasteiger partial charge in [0.15, 0.2) is 0 Å². The molecule has 0 aliphatic carbocycles. The molecular weight excluding hydrogens is 392 g/mol. The highest BCUT2D eigenvalue weighted by Crippen LogP contribution is 2.30. The number of halogens is 4. The number of nitrogens with one attached hydrogen (secondary N) is 1. The molecule has 29 heavy (non-hydrogen) atoms. The molecule has 0 aliphatic rings. The fraction of sp³-hybridized carbons (Fsp3) is 0.100. The van der Waals surface area contributed by atoms with E-state index >= 15 is 0 Å². The van der Waals surface area contributed by atoms with Crippen LogP contribution >= 0.6 is 0 Å². The first-order valence-corrected chi connectivity index (χ1v) is 8.32. The van der Waals surface area contributed by atoms with Gasteiger partial charge in [-0.1, -0.05) is 24.3 Å². The molecule has 0 aliphatic heterocycles. The second-order valence-corrected chi connectivity index (χ2v) is 5.95. The number of rotatable bonds is 5. The van der Waals surface area contributed by atoms with Crippen LogP contribution in [-0.4, -0.2) is 10.6 Å². The Morgan fingerprint density at radius 3 is 2.52 bits per heavy atom. The Hall–Kier alpha value is -3.62. The minimum absolute atomic E-state index is 0.119. The van der Waals surface area contributed by atoms with Gasteiger partial charge in [0.05, 0.1) is 5.56 Å². The van der Waals surface area contributed by atoms with Gasteiger partial charge < -0.3 is 10.2 Å². The van der Waals surface area contributed by atoms with Crippen molar-refractivity contribution < 1.29 is 27.2 Å². The van der Waals surface area contributed by atoms with E-state index in [9.17, 15) is 27.2 Å². The summed E-state index contributed by atoms with van der Waals surface area (Å²) in [6.45, 7) is -0.259. The number of pyridine rings is 1. The Labute approximate surface area is 162 Å². The van der Waals surface area contributed by atoms with Crippen molar-refractivity contribution in [3.05, 3.63) is 99.7 Å². The molecule has 1 N–H and O–H groups in total. The molecule has 9 heteroatoms. The average Bonchev–Trinajstić information content (AvgIpc) is 2.68. The van der Waals surface area contributed by atoms with Crippen LogP contribution in [0.25, 0.3) is 0 Å². The van der Waals surface area contributed by atoms with Gasteiger partial charge in [-0.15, -0.1) is 0 Å². The second-order valence-electron chi connectivity index (χ2n) is 5.95. The van der Waals surface area contributed by atoms with E-state index in [4.69, 9.17) is 4.84 Å². The van der Waals surface area contributed by atoms with Gasteiger partial charge in [-0.3, -0.25) is 9.59 Å². The summed E-state index contributed by atoms with van der Waals surface area (Å²) < 4.78 is 52.8. The van der Waals surface area contributed by atoms with Crippen molar-refractivity contribution in [2.45, 2.75) is 12.8 Å². The largest absolute Gasteiger partial charge is 0.416 e. The van der Waals surface area contributed by atoms with Gasteiger partial charge in [-0.05, 0) is 36.4 Å². The maximum Gasteiger partial charge on any atom is 0.416 e. The van der Waals surface area contributed by atoms with E-state index in [1.807, 2.05) is 0 Å². The molecule has 0 saturated heterocycles. The van der Waals surface area contributed by atoms with Crippen LogP contribution < -0.4 is 15.7 Å². The fourth-order valence-electron chi connectivity index (χ4n) is 2.48. The number of carbonyl (C=O) groups excluding carboxylic acids is 1. The van der Waals surface area contributed by atoms with Crippen molar-refractivity contribution in [1.29, 1.82) is 0 Å². The van der Waals surface area contributed by atoms with Gasteiger partial charge in [0, 0.05) is 17.4 Å². The third-order valence-electron chi connectivity index (χ3n) is 3.92. The van der Waals surface area contributed by atoms with Gasteiger partial charge in [0.2, 0.25) is 0 Å². The second kappa shape index (κ2) is 8.17. The van der Waals surface area contributed by atoms with Gasteiger partial charge in [-0.2, -0.15) is 17.9 Å². The van der Waals surface area contributed by atoms with Gasteiger partial charge in [0.25, 0.3) is 11.5 Å². The quantitative estimate of drug-likeness (QED) is 0.654. The first-order valence-electron chi connectivity index (χ1n) is 8.32. The molecule has 3 aromatic rings. The highest BCUT2D eigenvalue weighted by molar-refractivity contribution is 6.04. The number of aromatic nitrogens is 1. The zero-order valence-corrected chi connectivity index (χ0v) is 14.7. The Bertz CT molecular complexity index is 1090. The monoisotopic (exact) mass is 406 g/mol. The maximum absolute atomic E-state index is 13.6. The minimum atomic E-state index is -4.57. The Morgan fingerprint density at radius 1 is 1.03 bits per heavy atom. The van der Waals surface area contributed by atoms with Crippen LogP contribution in [0, 0.1) is 5.82 Å². The molecule has 0 saturated carbocycles. The lowest BCUT2D eigenvalue weighted by Crippen LogP contribution is -2.32. The summed E-state index contributed by atoms with van der Waals surface area (Å²) in [6, 6.07) is 12.4. The van der Waals surface area contributed by atoms with Gasteiger partial charge in [-0.25, -0.2) is 4.39 Å². The van der Waals surface area contributed by atoms with Crippen molar-refractivity contribution >= 4 is 11.6 Å². The summed E-state index contributed by atoms with van der Waals surface area (Å²) in [5.41, 5.74) is -2.04. The lowest BCUT2D eigenvalue weighted by molar-refractivity contribution is -0.137. The molecular formula is C20H14F4N2O3. The molecule has 0 bridgehead atoms. The number of amides is 1.